The summed E-state index contributed by atoms with van der Waals surface area (Å²) in [6.07, 6.45) is 0.706. The summed E-state index contributed by atoms with van der Waals surface area (Å²) in [4.78, 5) is -0.0558. The van der Waals surface area contributed by atoms with Crippen molar-refractivity contribution >= 4 is 38.9 Å². The molecule has 0 aliphatic rings. The Bertz CT molecular complexity index is 835. The fourth-order valence-corrected chi connectivity index (χ4v) is 4.07. The van der Waals surface area contributed by atoms with Crippen LogP contribution in [0.15, 0.2) is 35.2 Å². The molecule has 0 radical (unpaired) electrons. The molecule has 7 heteroatoms. The second kappa shape index (κ2) is 6.99. The zero-order valence-corrected chi connectivity index (χ0v) is 15.3. The van der Waals surface area contributed by atoms with Gasteiger partial charge in [0, 0.05) is 0 Å². The molecule has 0 fully saturated rings. The van der Waals surface area contributed by atoms with Crippen LogP contribution in [-0.4, -0.2) is 15.5 Å². The van der Waals surface area contributed by atoms with E-state index >= 15 is 0 Å². The quantitative estimate of drug-likeness (QED) is 0.827. The predicted molar refractivity (Wildman–Crippen MR) is 94.4 cm³/mol. The van der Waals surface area contributed by atoms with Gasteiger partial charge in [-0.3, -0.25) is 4.72 Å². The Balaban J connectivity index is 2.55. The van der Waals surface area contributed by atoms with Crippen LogP contribution in [0.3, 0.4) is 0 Å². The molecule has 0 aliphatic carbocycles. The summed E-state index contributed by atoms with van der Waals surface area (Å²) < 4.78 is 33.3. The molecular formula is C16H17Cl2NO3S. The van der Waals surface area contributed by atoms with Crippen LogP contribution in [0.5, 0.6) is 5.75 Å². The molecule has 0 spiro atoms. The molecule has 0 amide bonds. The number of ether oxygens (including phenoxy) is 1. The average molecular weight is 374 g/mol. The van der Waals surface area contributed by atoms with E-state index in [0.717, 1.165) is 11.1 Å². The maximum absolute atomic E-state index is 12.8. The number of anilines is 1. The minimum Gasteiger partial charge on any atom is -0.494 e. The van der Waals surface area contributed by atoms with Gasteiger partial charge in [0.25, 0.3) is 10.0 Å². The van der Waals surface area contributed by atoms with Crippen LogP contribution in [0.25, 0.3) is 0 Å². The lowest BCUT2D eigenvalue weighted by molar-refractivity contribution is 0.403. The normalized spacial score (nSPS) is 11.3. The van der Waals surface area contributed by atoms with Crippen molar-refractivity contribution in [1.82, 2.24) is 0 Å². The van der Waals surface area contributed by atoms with E-state index in [2.05, 4.69) is 4.72 Å². The van der Waals surface area contributed by atoms with Crippen molar-refractivity contribution in [3.05, 3.63) is 51.5 Å². The Hall–Kier alpha value is -1.43. The van der Waals surface area contributed by atoms with Gasteiger partial charge in [-0.15, -0.1) is 0 Å². The van der Waals surface area contributed by atoms with E-state index < -0.39 is 10.0 Å². The Morgan fingerprint density at radius 3 is 2.48 bits per heavy atom. The second-order valence-corrected chi connectivity index (χ2v) is 7.40. The number of hydrogen-bond donors (Lipinski definition) is 1. The second-order valence-electron chi connectivity index (χ2n) is 4.96. The van der Waals surface area contributed by atoms with Crippen LogP contribution in [0.1, 0.15) is 18.1 Å². The van der Waals surface area contributed by atoms with E-state index in [-0.39, 0.29) is 20.7 Å². The smallest absolute Gasteiger partial charge is 0.265 e. The zero-order valence-electron chi connectivity index (χ0n) is 13.0. The van der Waals surface area contributed by atoms with Gasteiger partial charge in [0.15, 0.2) is 5.75 Å². The fourth-order valence-electron chi connectivity index (χ4n) is 2.27. The molecule has 0 aromatic heterocycles. The van der Waals surface area contributed by atoms with Gasteiger partial charge >= 0.3 is 0 Å². The third-order valence-electron chi connectivity index (χ3n) is 3.48. The highest BCUT2D eigenvalue weighted by atomic mass is 35.5. The highest BCUT2D eigenvalue weighted by Crippen LogP contribution is 2.38. The molecule has 0 saturated heterocycles. The highest BCUT2D eigenvalue weighted by molar-refractivity contribution is 7.92. The first-order valence-corrected chi connectivity index (χ1v) is 9.19. The topological polar surface area (TPSA) is 55.4 Å². The van der Waals surface area contributed by atoms with Crippen molar-refractivity contribution in [2.24, 2.45) is 0 Å². The molecular weight excluding hydrogens is 357 g/mol. The minimum atomic E-state index is -3.87. The van der Waals surface area contributed by atoms with Crippen LogP contribution in [0, 0.1) is 6.92 Å². The Kier molecular flexibility index (Phi) is 5.45. The van der Waals surface area contributed by atoms with Crippen LogP contribution in [0.4, 0.5) is 5.69 Å². The molecule has 0 unspecified atom stereocenters. The summed E-state index contributed by atoms with van der Waals surface area (Å²) >= 11 is 12.0. The molecule has 0 aliphatic heterocycles. The lowest BCUT2D eigenvalue weighted by atomic mass is 10.1. The number of nitrogens with one attached hydrogen (secondary N) is 1. The number of aryl methyl sites for hydroxylation is 2. The monoisotopic (exact) mass is 373 g/mol. The fraction of sp³-hybridized carbons (Fsp3) is 0.250. The van der Waals surface area contributed by atoms with Gasteiger partial charge in [0.05, 0.1) is 17.8 Å². The molecule has 1 N–H and O–H groups in total. The molecule has 4 nitrogen and oxygen atoms in total. The number of sulfonamides is 1. The van der Waals surface area contributed by atoms with Gasteiger partial charge in [-0.1, -0.05) is 48.3 Å². The molecule has 2 rings (SSSR count). The van der Waals surface area contributed by atoms with E-state index in [1.807, 2.05) is 32.0 Å². The standard InChI is InChI=1S/C16H17Cl2NO3S/c1-4-11-7-5-6-10(2)15(11)19-23(20,21)13-9-8-12(17)14(18)16(13)22-3/h5-9,19H,4H2,1-3H3. The van der Waals surface area contributed by atoms with Crippen molar-refractivity contribution in [3.8, 4) is 5.75 Å². The van der Waals surface area contributed by atoms with E-state index in [0.29, 0.717) is 12.1 Å². The molecule has 2 aromatic carbocycles. The van der Waals surface area contributed by atoms with Gasteiger partial charge < -0.3 is 4.74 Å². The van der Waals surface area contributed by atoms with Crippen LogP contribution >= 0.6 is 23.2 Å². The number of hydrogen-bond acceptors (Lipinski definition) is 3. The summed E-state index contributed by atoms with van der Waals surface area (Å²) in [5.74, 6) is 0.0262. The average Bonchev–Trinajstić information content (AvgIpc) is 2.51. The summed E-state index contributed by atoms with van der Waals surface area (Å²) in [5, 5.41) is 0.296. The summed E-state index contributed by atoms with van der Waals surface area (Å²) in [7, 11) is -2.52. The summed E-state index contributed by atoms with van der Waals surface area (Å²) in [6, 6.07) is 8.44. The maximum atomic E-state index is 12.8. The summed E-state index contributed by atoms with van der Waals surface area (Å²) in [5.41, 5.74) is 2.32. The molecule has 2 aromatic rings. The van der Waals surface area contributed by atoms with Gasteiger partial charge in [-0.25, -0.2) is 8.42 Å². The zero-order chi connectivity index (χ0) is 17.2. The van der Waals surface area contributed by atoms with E-state index in [1.54, 1.807) is 0 Å². The first-order valence-electron chi connectivity index (χ1n) is 6.95. The molecule has 23 heavy (non-hydrogen) atoms. The molecule has 0 bridgehead atoms. The lowest BCUT2D eigenvalue weighted by Gasteiger charge is -2.16. The number of rotatable bonds is 5. The number of benzene rings is 2. The largest absolute Gasteiger partial charge is 0.494 e. The predicted octanol–water partition coefficient (Wildman–Crippen LogP) is 4.67. The van der Waals surface area contributed by atoms with Crippen LogP contribution in [0.2, 0.25) is 10.0 Å². The number of para-hydroxylation sites is 1. The van der Waals surface area contributed by atoms with Crippen LogP contribution in [-0.2, 0) is 16.4 Å². The van der Waals surface area contributed by atoms with E-state index in [4.69, 9.17) is 27.9 Å². The van der Waals surface area contributed by atoms with Crippen molar-refractivity contribution in [2.75, 3.05) is 11.8 Å². The first-order chi connectivity index (χ1) is 10.8. The van der Waals surface area contributed by atoms with Crippen LogP contribution < -0.4 is 9.46 Å². The van der Waals surface area contributed by atoms with Crippen molar-refractivity contribution in [3.63, 3.8) is 0 Å². The Labute approximate surface area is 146 Å². The molecule has 124 valence electrons. The van der Waals surface area contributed by atoms with Crippen molar-refractivity contribution in [1.29, 1.82) is 0 Å². The van der Waals surface area contributed by atoms with Gasteiger partial charge in [-0.2, -0.15) is 0 Å². The number of halogens is 2. The molecule has 0 heterocycles. The third kappa shape index (κ3) is 3.57. The number of methoxy groups -OCH3 is 1. The highest BCUT2D eigenvalue weighted by Gasteiger charge is 2.24. The molecule has 0 saturated carbocycles. The Morgan fingerprint density at radius 1 is 1.17 bits per heavy atom. The SMILES string of the molecule is CCc1cccc(C)c1NS(=O)(=O)c1ccc(Cl)c(Cl)c1OC. The maximum Gasteiger partial charge on any atom is 0.265 e. The van der Waals surface area contributed by atoms with Crippen molar-refractivity contribution in [2.45, 2.75) is 25.2 Å². The Morgan fingerprint density at radius 2 is 1.87 bits per heavy atom. The third-order valence-corrected chi connectivity index (χ3v) is 5.64. The lowest BCUT2D eigenvalue weighted by Crippen LogP contribution is -2.16. The van der Waals surface area contributed by atoms with Gasteiger partial charge in [0.2, 0.25) is 0 Å². The van der Waals surface area contributed by atoms with E-state index in [9.17, 15) is 8.42 Å². The molecule has 0 atom stereocenters. The minimum absolute atomic E-state index is 0.0262. The van der Waals surface area contributed by atoms with Gasteiger partial charge in [-0.05, 0) is 36.6 Å². The summed E-state index contributed by atoms with van der Waals surface area (Å²) in [6.45, 7) is 3.81. The van der Waals surface area contributed by atoms with Crippen molar-refractivity contribution < 1.29 is 13.2 Å². The van der Waals surface area contributed by atoms with E-state index in [1.165, 1.54) is 19.2 Å². The van der Waals surface area contributed by atoms with Gasteiger partial charge in [0.1, 0.15) is 9.92 Å². The first kappa shape index (κ1) is 17.9.